The molecule has 0 saturated carbocycles. The molecule has 0 radical (unpaired) electrons. The van der Waals surface area contributed by atoms with Crippen molar-refractivity contribution in [2.24, 2.45) is 5.92 Å². The molecule has 2 rings (SSSR count). The standard InChI is InChI=1S/C15H18N2O4/c1-4-21-14(18)12-9(2)16-15(19)17-13(12)10-6-5-7-11(8-10)20-3/h5-8,12-13H,2,4H2,1,3H3,(H2,16,17,19). The first kappa shape index (κ1) is 14.9. The van der Waals surface area contributed by atoms with Crippen LogP contribution in [0.1, 0.15) is 18.5 Å². The van der Waals surface area contributed by atoms with Gasteiger partial charge in [-0.3, -0.25) is 4.79 Å². The summed E-state index contributed by atoms with van der Waals surface area (Å²) >= 11 is 0. The molecule has 0 spiro atoms. The topological polar surface area (TPSA) is 76.7 Å². The van der Waals surface area contributed by atoms with Crippen LogP contribution in [0, 0.1) is 5.92 Å². The summed E-state index contributed by atoms with van der Waals surface area (Å²) in [6.07, 6.45) is 0. The fourth-order valence-corrected chi connectivity index (χ4v) is 2.31. The van der Waals surface area contributed by atoms with Gasteiger partial charge in [-0.15, -0.1) is 0 Å². The number of esters is 1. The van der Waals surface area contributed by atoms with Crippen molar-refractivity contribution in [3.63, 3.8) is 0 Å². The van der Waals surface area contributed by atoms with Gasteiger partial charge in [-0.25, -0.2) is 4.79 Å². The van der Waals surface area contributed by atoms with Crippen LogP contribution in [-0.2, 0) is 9.53 Å². The molecule has 1 aliphatic heterocycles. The third kappa shape index (κ3) is 3.16. The van der Waals surface area contributed by atoms with Crippen LogP contribution in [-0.4, -0.2) is 25.7 Å². The predicted molar refractivity (Wildman–Crippen MR) is 76.7 cm³/mol. The number of benzene rings is 1. The van der Waals surface area contributed by atoms with Crippen LogP contribution in [0.5, 0.6) is 5.75 Å². The second kappa shape index (κ2) is 6.30. The number of methoxy groups -OCH3 is 1. The maximum Gasteiger partial charge on any atom is 0.319 e. The SMILES string of the molecule is C=C1NC(=O)NC(c2cccc(OC)c2)C1C(=O)OCC. The highest BCUT2D eigenvalue weighted by Crippen LogP contribution is 2.31. The minimum Gasteiger partial charge on any atom is -0.497 e. The van der Waals surface area contributed by atoms with E-state index in [-0.39, 0.29) is 6.61 Å². The van der Waals surface area contributed by atoms with Gasteiger partial charge in [0.1, 0.15) is 11.7 Å². The highest BCUT2D eigenvalue weighted by atomic mass is 16.5. The van der Waals surface area contributed by atoms with Crippen molar-refractivity contribution in [1.29, 1.82) is 0 Å². The summed E-state index contributed by atoms with van der Waals surface area (Å²) < 4.78 is 10.2. The molecule has 1 aliphatic rings. The van der Waals surface area contributed by atoms with Gasteiger partial charge in [-0.2, -0.15) is 0 Å². The second-order valence-electron chi connectivity index (χ2n) is 4.61. The normalized spacial score (nSPS) is 21.2. The van der Waals surface area contributed by atoms with E-state index in [2.05, 4.69) is 17.2 Å². The molecule has 1 fully saturated rings. The number of amides is 2. The number of carbonyl (C=O) groups is 2. The Morgan fingerprint density at radius 3 is 2.86 bits per heavy atom. The van der Waals surface area contributed by atoms with E-state index in [4.69, 9.17) is 9.47 Å². The molecule has 112 valence electrons. The molecule has 2 amide bonds. The Bertz CT molecular complexity index is 571. The number of ether oxygens (including phenoxy) is 2. The molecule has 2 unspecified atom stereocenters. The van der Waals surface area contributed by atoms with Crippen LogP contribution in [0.3, 0.4) is 0 Å². The molecule has 2 atom stereocenters. The lowest BCUT2D eigenvalue weighted by Crippen LogP contribution is -2.51. The summed E-state index contributed by atoms with van der Waals surface area (Å²) in [6.45, 7) is 5.76. The van der Waals surface area contributed by atoms with E-state index < -0.39 is 24.0 Å². The minimum atomic E-state index is -0.685. The van der Waals surface area contributed by atoms with Crippen molar-refractivity contribution in [3.05, 3.63) is 42.1 Å². The first-order valence-corrected chi connectivity index (χ1v) is 6.63. The Hall–Kier alpha value is -2.50. The molecule has 0 bridgehead atoms. The molecular formula is C15H18N2O4. The first-order valence-electron chi connectivity index (χ1n) is 6.63. The van der Waals surface area contributed by atoms with E-state index in [1.165, 1.54) is 0 Å². The zero-order valence-corrected chi connectivity index (χ0v) is 12.0. The van der Waals surface area contributed by atoms with E-state index in [0.717, 1.165) is 5.56 Å². The van der Waals surface area contributed by atoms with E-state index >= 15 is 0 Å². The summed E-state index contributed by atoms with van der Waals surface area (Å²) in [5, 5.41) is 5.26. The summed E-state index contributed by atoms with van der Waals surface area (Å²) in [6, 6.07) is 6.25. The number of hydrogen-bond donors (Lipinski definition) is 2. The molecule has 1 heterocycles. The van der Waals surface area contributed by atoms with Crippen molar-refractivity contribution >= 4 is 12.0 Å². The van der Waals surface area contributed by atoms with Crippen LogP contribution >= 0.6 is 0 Å². The lowest BCUT2D eigenvalue weighted by atomic mass is 9.89. The summed E-state index contributed by atoms with van der Waals surface area (Å²) in [5.74, 6) is -0.467. The summed E-state index contributed by atoms with van der Waals surface area (Å²) in [7, 11) is 1.56. The van der Waals surface area contributed by atoms with Crippen molar-refractivity contribution in [1.82, 2.24) is 10.6 Å². The van der Waals surface area contributed by atoms with Crippen molar-refractivity contribution in [2.75, 3.05) is 13.7 Å². The van der Waals surface area contributed by atoms with Gasteiger partial charge in [-0.1, -0.05) is 18.7 Å². The average molecular weight is 290 g/mol. The molecule has 1 aromatic carbocycles. The molecular weight excluding hydrogens is 272 g/mol. The number of carbonyl (C=O) groups excluding carboxylic acids is 2. The van der Waals surface area contributed by atoms with Crippen molar-refractivity contribution in [2.45, 2.75) is 13.0 Å². The lowest BCUT2D eigenvalue weighted by molar-refractivity contribution is -0.147. The fraction of sp³-hybridized carbons (Fsp3) is 0.333. The highest BCUT2D eigenvalue weighted by molar-refractivity contribution is 5.85. The second-order valence-corrected chi connectivity index (χ2v) is 4.61. The van der Waals surface area contributed by atoms with Crippen LogP contribution in [0.25, 0.3) is 0 Å². The Labute approximate surface area is 123 Å². The number of hydrogen-bond acceptors (Lipinski definition) is 4. The maximum absolute atomic E-state index is 12.1. The maximum atomic E-state index is 12.1. The first-order chi connectivity index (χ1) is 10.1. The Balaban J connectivity index is 2.36. The van der Waals surface area contributed by atoms with Crippen LogP contribution in [0.2, 0.25) is 0 Å². The van der Waals surface area contributed by atoms with Gasteiger partial charge in [0.15, 0.2) is 0 Å². The minimum absolute atomic E-state index is 0.265. The average Bonchev–Trinajstić information content (AvgIpc) is 2.46. The Morgan fingerprint density at radius 2 is 2.19 bits per heavy atom. The molecule has 0 aromatic heterocycles. The summed E-state index contributed by atoms with van der Waals surface area (Å²) in [5.41, 5.74) is 1.08. The van der Waals surface area contributed by atoms with Gasteiger partial charge in [0, 0.05) is 5.70 Å². The van der Waals surface area contributed by atoms with E-state index in [9.17, 15) is 9.59 Å². The van der Waals surface area contributed by atoms with E-state index in [1.807, 2.05) is 6.07 Å². The van der Waals surface area contributed by atoms with Gasteiger partial charge < -0.3 is 20.1 Å². The van der Waals surface area contributed by atoms with Gasteiger partial charge in [0.2, 0.25) is 0 Å². The van der Waals surface area contributed by atoms with Gasteiger partial charge >= 0.3 is 12.0 Å². The molecule has 6 heteroatoms. The zero-order chi connectivity index (χ0) is 15.4. The molecule has 21 heavy (non-hydrogen) atoms. The monoisotopic (exact) mass is 290 g/mol. The lowest BCUT2D eigenvalue weighted by Gasteiger charge is -2.33. The smallest absolute Gasteiger partial charge is 0.319 e. The molecule has 1 saturated heterocycles. The highest BCUT2D eigenvalue weighted by Gasteiger charge is 2.38. The number of urea groups is 1. The number of nitrogens with one attached hydrogen (secondary N) is 2. The van der Waals surface area contributed by atoms with Crippen LogP contribution in [0.15, 0.2) is 36.5 Å². The fourth-order valence-electron chi connectivity index (χ4n) is 2.31. The van der Waals surface area contributed by atoms with Gasteiger partial charge in [-0.05, 0) is 24.6 Å². The molecule has 2 N–H and O–H groups in total. The molecule has 0 aliphatic carbocycles. The summed E-state index contributed by atoms with van der Waals surface area (Å²) in [4.78, 5) is 23.8. The largest absolute Gasteiger partial charge is 0.497 e. The van der Waals surface area contributed by atoms with Crippen molar-refractivity contribution < 1.29 is 19.1 Å². The van der Waals surface area contributed by atoms with E-state index in [1.54, 1.807) is 32.2 Å². The van der Waals surface area contributed by atoms with Crippen LogP contribution < -0.4 is 15.4 Å². The molecule has 6 nitrogen and oxygen atoms in total. The van der Waals surface area contributed by atoms with E-state index in [0.29, 0.717) is 11.4 Å². The third-order valence-corrected chi connectivity index (χ3v) is 3.26. The van der Waals surface area contributed by atoms with Crippen molar-refractivity contribution in [3.8, 4) is 5.75 Å². The molecule has 1 aromatic rings. The number of rotatable bonds is 4. The predicted octanol–water partition coefficient (Wildman–Crippen LogP) is 1.74. The Kier molecular flexibility index (Phi) is 4.47. The van der Waals surface area contributed by atoms with Gasteiger partial charge in [0.25, 0.3) is 0 Å². The quantitative estimate of drug-likeness (QED) is 0.828. The Morgan fingerprint density at radius 1 is 1.43 bits per heavy atom. The van der Waals surface area contributed by atoms with Crippen LogP contribution in [0.4, 0.5) is 4.79 Å². The third-order valence-electron chi connectivity index (χ3n) is 3.26. The zero-order valence-electron chi connectivity index (χ0n) is 12.0. The van der Waals surface area contributed by atoms with Gasteiger partial charge in [0.05, 0.1) is 19.8 Å².